The average molecular weight is 482 g/mol. The van der Waals surface area contributed by atoms with Gasteiger partial charge >= 0.3 is 0 Å². The first-order valence-electron chi connectivity index (χ1n) is 12.3. The second-order valence-electron chi connectivity index (χ2n) is 9.77. The molecule has 35 heavy (non-hydrogen) atoms. The molecule has 2 aromatic rings. The largest absolute Gasteiger partial charge is 0.497 e. The quantitative estimate of drug-likeness (QED) is 0.653. The van der Waals surface area contributed by atoms with Gasteiger partial charge in [0.2, 0.25) is 11.8 Å². The molecule has 1 aliphatic carbocycles. The number of benzene rings is 1. The zero-order valence-electron chi connectivity index (χ0n) is 20.9. The number of pyridine rings is 1. The molecular weight excluding hydrogens is 446 g/mol. The van der Waals surface area contributed by atoms with Crippen molar-refractivity contribution >= 4 is 11.8 Å². The van der Waals surface area contributed by atoms with Crippen LogP contribution in [0.15, 0.2) is 36.5 Å². The molecule has 0 unspecified atom stereocenters. The Morgan fingerprint density at radius 2 is 2.00 bits per heavy atom. The Bertz CT molecular complexity index is 1050. The lowest BCUT2D eigenvalue weighted by Crippen LogP contribution is -2.51. The van der Waals surface area contributed by atoms with Gasteiger partial charge < -0.3 is 24.4 Å². The minimum atomic E-state index is -0.365. The van der Waals surface area contributed by atoms with E-state index in [-0.39, 0.29) is 48.3 Å². The van der Waals surface area contributed by atoms with Gasteiger partial charge in [0, 0.05) is 37.2 Å². The highest BCUT2D eigenvalue weighted by Crippen LogP contribution is 2.32. The van der Waals surface area contributed by atoms with E-state index in [0.29, 0.717) is 18.7 Å². The molecule has 8 heteroatoms. The first-order valence-corrected chi connectivity index (χ1v) is 12.3. The Morgan fingerprint density at radius 3 is 2.60 bits per heavy atom. The second-order valence-corrected chi connectivity index (χ2v) is 9.77. The zero-order valence-corrected chi connectivity index (χ0v) is 20.9. The summed E-state index contributed by atoms with van der Waals surface area (Å²) in [5.41, 5.74) is 2.03. The number of fused-ring (bicyclic) bond motifs is 1. The van der Waals surface area contributed by atoms with E-state index >= 15 is 0 Å². The summed E-state index contributed by atoms with van der Waals surface area (Å²) in [7, 11) is 3.43. The van der Waals surface area contributed by atoms with Crippen molar-refractivity contribution < 1.29 is 24.2 Å². The van der Waals surface area contributed by atoms with Crippen molar-refractivity contribution in [2.75, 3.05) is 33.9 Å². The van der Waals surface area contributed by atoms with Crippen molar-refractivity contribution in [2.24, 2.45) is 11.8 Å². The third-order valence-corrected chi connectivity index (χ3v) is 7.23. The van der Waals surface area contributed by atoms with Gasteiger partial charge in [-0.15, -0.1) is 0 Å². The molecule has 1 N–H and O–H groups in total. The SMILES string of the molecule is COc1ccc(-c2cnc3c(c2)C(=O)N([C@@H](C)CO)C[C@@H](C)[C@@H](CN(C)C(=O)C2CCC2)O3)cc1. The highest BCUT2D eigenvalue weighted by atomic mass is 16.5. The highest BCUT2D eigenvalue weighted by Gasteiger charge is 2.36. The average Bonchev–Trinajstić information content (AvgIpc) is 2.84. The first-order chi connectivity index (χ1) is 16.8. The fourth-order valence-electron chi connectivity index (χ4n) is 4.59. The topological polar surface area (TPSA) is 92.2 Å². The number of nitrogens with zero attached hydrogens (tertiary/aromatic N) is 3. The Balaban J connectivity index is 1.67. The second kappa shape index (κ2) is 10.6. The van der Waals surface area contributed by atoms with E-state index in [1.165, 1.54) is 0 Å². The van der Waals surface area contributed by atoms with Crippen molar-refractivity contribution in [3.63, 3.8) is 0 Å². The van der Waals surface area contributed by atoms with Crippen LogP contribution in [-0.2, 0) is 4.79 Å². The number of carbonyl (C=O) groups excluding carboxylic acids is 2. The van der Waals surface area contributed by atoms with E-state index in [0.717, 1.165) is 36.1 Å². The van der Waals surface area contributed by atoms with Gasteiger partial charge in [-0.2, -0.15) is 0 Å². The van der Waals surface area contributed by atoms with Crippen molar-refractivity contribution in [3.05, 3.63) is 42.1 Å². The first kappa shape index (κ1) is 25.0. The molecule has 1 fully saturated rings. The number of hydrogen-bond acceptors (Lipinski definition) is 6. The predicted molar refractivity (Wildman–Crippen MR) is 132 cm³/mol. The lowest BCUT2D eigenvalue weighted by Gasteiger charge is -2.38. The molecule has 0 spiro atoms. The van der Waals surface area contributed by atoms with Gasteiger partial charge in [-0.3, -0.25) is 9.59 Å². The van der Waals surface area contributed by atoms with Crippen molar-refractivity contribution in [2.45, 2.75) is 45.3 Å². The van der Waals surface area contributed by atoms with Crippen LogP contribution in [0.3, 0.4) is 0 Å². The monoisotopic (exact) mass is 481 g/mol. The van der Waals surface area contributed by atoms with Crippen LogP contribution in [0.5, 0.6) is 11.6 Å². The maximum absolute atomic E-state index is 13.6. The Labute approximate surface area is 206 Å². The number of aliphatic hydroxyl groups excluding tert-OH is 1. The third-order valence-electron chi connectivity index (χ3n) is 7.23. The van der Waals surface area contributed by atoms with Gasteiger partial charge in [0.1, 0.15) is 17.4 Å². The molecular formula is C27H35N3O5. The van der Waals surface area contributed by atoms with E-state index < -0.39 is 0 Å². The van der Waals surface area contributed by atoms with Gasteiger partial charge in [0.25, 0.3) is 5.91 Å². The lowest BCUT2D eigenvalue weighted by molar-refractivity contribution is -0.138. The fourth-order valence-corrected chi connectivity index (χ4v) is 4.59. The molecule has 8 nitrogen and oxygen atoms in total. The molecule has 0 radical (unpaired) electrons. The number of aromatic nitrogens is 1. The van der Waals surface area contributed by atoms with Gasteiger partial charge in [-0.1, -0.05) is 25.5 Å². The maximum Gasteiger partial charge on any atom is 0.259 e. The molecule has 1 aromatic carbocycles. The molecule has 1 aromatic heterocycles. The van der Waals surface area contributed by atoms with E-state index in [1.54, 1.807) is 29.2 Å². The summed E-state index contributed by atoms with van der Waals surface area (Å²) in [6, 6.07) is 8.97. The summed E-state index contributed by atoms with van der Waals surface area (Å²) in [5, 5.41) is 9.86. The zero-order chi connectivity index (χ0) is 25.1. The molecule has 1 saturated carbocycles. The van der Waals surface area contributed by atoms with E-state index in [2.05, 4.69) is 4.98 Å². The van der Waals surface area contributed by atoms with E-state index in [1.807, 2.05) is 45.2 Å². The molecule has 4 rings (SSSR count). The number of hydrogen-bond donors (Lipinski definition) is 1. The molecule has 2 amide bonds. The summed E-state index contributed by atoms with van der Waals surface area (Å²) < 4.78 is 11.6. The van der Waals surface area contributed by atoms with Crippen LogP contribution in [0, 0.1) is 11.8 Å². The Kier molecular flexibility index (Phi) is 7.60. The van der Waals surface area contributed by atoms with Crippen LogP contribution < -0.4 is 9.47 Å². The van der Waals surface area contributed by atoms with Gasteiger partial charge in [-0.25, -0.2) is 4.98 Å². The fraction of sp³-hybridized carbons (Fsp3) is 0.519. The molecule has 188 valence electrons. The maximum atomic E-state index is 13.6. The minimum Gasteiger partial charge on any atom is -0.497 e. The molecule has 0 saturated heterocycles. The Morgan fingerprint density at radius 1 is 1.29 bits per heavy atom. The summed E-state index contributed by atoms with van der Waals surface area (Å²) >= 11 is 0. The van der Waals surface area contributed by atoms with Crippen molar-refractivity contribution in [3.8, 4) is 22.8 Å². The van der Waals surface area contributed by atoms with Crippen LogP contribution in [0.1, 0.15) is 43.5 Å². The third kappa shape index (κ3) is 5.27. The van der Waals surface area contributed by atoms with Gasteiger partial charge in [0.05, 0.1) is 26.3 Å². The normalized spacial score (nSPS) is 21.2. The number of methoxy groups -OCH3 is 1. The summed E-state index contributed by atoms with van der Waals surface area (Å²) in [6.45, 7) is 4.50. The number of aliphatic hydroxyl groups is 1. The molecule has 2 heterocycles. The molecule has 1 aliphatic heterocycles. The molecule has 3 atom stereocenters. The van der Waals surface area contributed by atoms with Crippen LogP contribution in [0.2, 0.25) is 0 Å². The molecule has 0 bridgehead atoms. The highest BCUT2D eigenvalue weighted by molar-refractivity contribution is 5.98. The van der Waals surface area contributed by atoms with E-state index in [9.17, 15) is 14.7 Å². The smallest absolute Gasteiger partial charge is 0.259 e. The Hall–Kier alpha value is -3.13. The van der Waals surface area contributed by atoms with Gasteiger partial charge in [0.15, 0.2) is 0 Å². The van der Waals surface area contributed by atoms with Crippen LogP contribution in [-0.4, -0.2) is 77.7 Å². The lowest BCUT2D eigenvalue weighted by atomic mass is 9.84. The van der Waals surface area contributed by atoms with Crippen LogP contribution >= 0.6 is 0 Å². The number of carbonyl (C=O) groups is 2. The van der Waals surface area contributed by atoms with Crippen molar-refractivity contribution in [1.29, 1.82) is 0 Å². The van der Waals surface area contributed by atoms with Crippen LogP contribution in [0.25, 0.3) is 11.1 Å². The number of ether oxygens (including phenoxy) is 2. The van der Waals surface area contributed by atoms with Crippen LogP contribution in [0.4, 0.5) is 0 Å². The molecule has 2 aliphatic rings. The predicted octanol–water partition coefficient (Wildman–Crippen LogP) is 3.24. The van der Waals surface area contributed by atoms with Gasteiger partial charge in [-0.05, 0) is 43.5 Å². The number of likely N-dealkylation sites (N-methyl/N-ethyl adjacent to an activating group) is 1. The van der Waals surface area contributed by atoms with Crippen molar-refractivity contribution in [1.82, 2.24) is 14.8 Å². The minimum absolute atomic E-state index is 0.0687. The summed E-state index contributed by atoms with van der Waals surface area (Å²) in [4.78, 5) is 34.4. The van der Waals surface area contributed by atoms with E-state index in [4.69, 9.17) is 9.47 Å². The summed E-state index contributed by atoms with van der Waals surface area (Å²) in [6.07, 6.45) is 4.34. The number of amides is 2. The number of rotatable bonds is 7. The summed E-state index contributed by atoms with van der Waals surface area (Å²) in [5.74, 6) is 0.952. The standard InChI is InChI=1S/C27H35N3O5/c1-17-14-30(18(2)16-31)27(33)23-12-21(19-8-10-22(34-4)11-9-19)13-28-25(23)35-24(17)15-29(3)26(32)20-6-5-7-20/h8-13,17-18,20,24,31H,5-7,14-16H2,1-4H3/t17-,18+,24-/m1/s1.